The number of anilines is 1. The normalized spacial score (nSPS) is 12.6. The summed E-state index contributed by atoms with van der Waals surface area (Å²) in [7, 11) is -9.04. The molecular formula is C22H17N5O7S2. The molecule has 0 heterocycles. The summed E-state index contributed by atoms with van der Waals surface area (Å²) >= 11 is 0. The number of nitrogens with zero attached hydrogens (tertiary/aromatic N) is 4. The van der Waals surface area contributed by atoms with Crippen LogP contribution in [0.15, 0.2) is 103 Å². The molecule has 0 bridgehead atoms. The molecule has 0 atom stereocenters. The molecule has 0 spiro atoms. The minimum Gasteiger partial charge on any atom is -0.505 e. The Hall–Kier alpha value is -4.24. The van der Waals surface area contributed by atoms with Gasteiger partial charge in [0.2, 0.25) is 0 Å². The van der Waals surface area contributed by atoms with Gasteiger partial charge in [0.15, 0.2) is 5.75 Å². The Morgan fingerprint density at radius 3 is 1.64 bits per heavy atom. The Morgan fingerprint density at radius 1 is 0.639 bits per heavy atom. The molecule has 12 nitrogen and oxygen atoms in total. The number of phenols is 1. The fraction of sp³-hybridized carbons (Fsp3) is 0. The number of nitrogen functional groups attached to an aromatic ring is 1. The van der Waals surface area contributed by atoms with Gasteiger partial charge in [-0.1, -0.05) is 6.07 Å². The highest BCUT2D eigenvalue weighted by Gasteiger charge is 2.22. The molecule has 14 heteroatoms. The molecule has 0 aliphatic rings. The van der Waals surface area contributed by atoms with E-state index in [1.165, 1.54) is 66.7 Å². The lowest BCUT2D eigenvalue weighted by molar-refractivity contribution is 0.472. The molecule has 5 N–H and O–H groups in total. The second kappa shape index (κ2) is 9.43. The van der Waals surface area contributed by atoms with Crippen LogP contribution >= 0.6 is 0 Å². The van der Waals surface area contributed by atoms with Crippen molar-refractivity contribution < 1.29 is 31.0 Å². The van der Waals surface area contributed by atoms with Crippen LogP contribution in [0.2, 0.25) is 0 Å². The van der Waals surface area contributed by atoms with Gasteiger partial charge in [-0.05, 0) is 72.1 Å². The van der Waals surface area contributed by atoms with Crippen molar-refractivity contribution in [2.45, 2.75) is 9.79 Å². The third-order valence-corrected chi connectivity index (χ3v) is 6.62. The number of hydrogen-bond acceptors (Lipinski definition) is 10. The number of nitrogens with two attached hydrogens (primary N) is 1. The Balaban J connectivity index is 1.60. The first-order valence-corrected chi connectivity index (χ1v) is 12.8. The summed E-state index contributed by atoms with van der Waals surface area (Å²) in [6, 6.07) is 16.8. The van der Waals surface area contributed by atoms with Crippen molar-refractivity contribution in [1.29, 1.82) is 0 Å². The molecule has 0 aliphatic heterocycles. The zero-order valence-corrected chi connectivity index (χ0v) is 19.7. The van der Waals surface area contributed by atoms with E-state index in [2.05, 4.69) is 20.5 Å². The van der Waals surface area contributed by atoms with Crippen molar-refractivity contribution in [1.82, 2.24) is 0 Å². The summed E-state index contributed by atoms with van der Waals surface area (Å²) in [4.78, 5) is -0.888. The van der Waals surface area contributed by atoms with E-state index in [1.807, 2.05) is 0 Å². The summed E-state index contributed by atoms with van der Waals surface area (Å²) < 4.78 is 64.5. The van der Waals surface area contributed by atoms with E-state index in [0.29, 0.717) is 22.4 Å². The molecule has 4 aromatic rings. The van der Waals surface area contributed by atoms with Gasteiger partial charge in [0.25, 0.3) is 20.2 Å². The summed E-state index contributed by atoms with van der Waals surface area (Å²) in [6.45, 7) is 0. The lowest BCUT2D eigenvalue weighted by Crippen LogP contribution is -1.99. The second-order valence-corrected chi connectivity index (χ2v) is 10.2. The van der Waals surface area contributed by atoms with Crippen molar-refractivity contribution in [2.75, 3.05) is 5.73 Å². The molecule has 0 radical (unpaired) electrons. The van der Waals surface area contributed by atoms with Gasteiger partial charge in [-0.25, -0.2) is 0 Å². The van der Waals surface area contributed by atoms with E-state index in [9.17, 15) is 26.5 Å². The molecule has 36 heavy (non-hydrogen) atoms. The van der Waals surface area contributed by atoms with Gasteiger partial charge < -0.3 is 10.8 Å². The van der Waals surface area contributed by atoms with Crippen LogP contribution in [-0.2, 0) is 20.2 Å². The maximum absolute atomic E-state index is 11.9. The third-order valence-electron chi connectivity index (χ3n) is 4.89. The van der Waals surface area contributed by atoms with Crippen molar-refractivity contribution in [3.8, 4) is 5.75 Å². The fourth-order valence-corrected chi connectivity index (χ4v) is 4.28. The maximum Gasteiger partial charge on any atom is 0.296 e. The van der Waals surface area contributed by atoms with Gasteiger partial charge in [0.05, 0.1) is 22.0 Å². The largest absolute Gasteiger partial charge is 0.505 e. The van der Waals surface area contributed by atoms with E-state index < -0.39 is 36.6 Å². The van der Waals surface area contributed by atoms with Crippen molar-refractivity contribution >= 4 is 59.4 Å². The lowest BCUT2D eigenvalue weighted by Gasteiger charge is -2.09. The average Bonchev–Trinajstić information content (AvgIpc) is 2.82. The van der Waals surface area contributed by atoms with Gasteiger partial charge in [0.1, 0.15) is 10.6 Å². The van der Waals surface area contributed by atoms with Crippen LogP contribution in [0.3, 0.4) is 0 Å². The number of fused-ring (bicyclic) bond motifs is 1. The van der Waals surface area contributed by atoms with E-state index in [4.69, 9.17) is 10.3 Å². The molecule has 184 valence electrons. The Kier molecular flexibility index (Phi) is 6.51. The minimum absolute atomic E-state index is 0.233. The highest BCUT2D eigenvalue weighted by Crippen LogP contribution is 2.42. The van der Waals surface area contributed by atoms with Gasteiger partial charge in [0, 0.05) is 11.1 Å². The molecule has 0 aromatic heterocycles. The Morgan fingerprint density at radius 2 is 1.14 bits per heavy atom. The monoisotopic (exact) mass is 527 g/mol. The highest BCUT2D eigenvalue weighted by atomic mass is 32.2. The number of phenolic OH excluding ortho intramolecular Hbond substituents is 1. The molecule has 0 fully saturated rings. The first-order valence-electron chi connectivity index (χ1n) is 9.95. The summed E-state index contributed by atoms with van der Waals surface area (Å²) in [6.07, 6.45) is 0. The molecule has 0 amide bonds. The van der Waals surface area contributed by atoms with Crippen molar-refractivity contribution in [3.63, 3.8) is 0 Å². The van der Waals surface area contributed by atoms with Gasteiger partial charge in [-0.3, -0.25) is 9.11 Å². The molecular weight excluding hydrogens is 510 g/mol. The van der Waals surface area contributed by atoms with Crippen LogP contribution in [0.25, 0.3) is 10.8 Å². The molecule has 4 rings (SSSR count). The minimum atomic E-state index is -4.73. The molecule has 0 saturated heterocycles. The molecule has 0 saturated carbocycles. The molecule has 4 aromatic carbocycles. The van der Waals surface area contributed by atoms with Gasteiger partial charge in [-0.2, -0.15) is 32.2 Å². The summed E-state index contributed by atoms with van der Waals surface area (Å²) in [5.41, 5.74) is 6.66. The van der Waals surface area contributed by atoms with Gasteiger partial charge >= 0.3 is 0 Å². The zero-order chi connectivity index (χ0) is 26.1. The van der Waals surface area contributed by atoms with Crippen LogP contribution < -0.4 is 5.73 Å². The Labute approximate surface area is 205 Å². The van der Waals surface area contributed by atoms with E-state index in [-0.39, 0.29) is 16.0 Å². The summed E-state index contributed by atoms with van der Waals surface area (Å²) in [5, 5.41) is 26.9. The van der Waals surface area contributed by atoms with E-state index in [0.717, 1.165) is 6.07 Å². The van der Waals surface area contributed by atoms with Crippen molar-refractivity contribution in [3.05, 3.63) is 72.8 Å². The summed E-state index contributed by atoms with van der Waals surface area (Å²) in [5.74, 6) is -0.512. The molecule has 0 unspecified atom stereocenters. The smallest absolute Gasteiger partial charge is 0.296 e. The van der Waals surface area contributed by atoms with Crippen LogP contribution in [0.1, 0.15) is 0 Å². The number of aromatic hydroxyl groups is 1. The number of hydrogen-bond donors (Lipinski definition) is 4. The quantitative estimate of drug-likeness (QED) is 0.144. The lowest BCUT2D eigenvalue weighted by atomic mass is 10.1. The number of azo groups is 2. The van der Waals surface area contributed by atoms with Crippen LogP contribution in [0.4, 0.5) is 28.4 Å². The average molecular weight is 528 g/mol. The predicted molar refractivity (Wildman–Crippen MR) is 131 cm³/mol. The fourth-order valence-electron chi connectivity index (χ4n) is 3.15. The first-order chi connectivity index (χ1) is 16.9. The van der Waals surface area contributed by atoms with Crippen LogP contribution in [0.5, 0.6) is 5.75 Å². The maximum atomic E-state index is 11.9. The topological polar surface area (TPSA) is 204 Å². The standard InChI is InChI=1S/C22H17N5O7S2/c23-14-2-1-13-11-20(36(32,33)34)21(22(28)19(13)12-14)27-26-16-5-3-15(4-6-16)24-25-17-7-9-18(10-8-17)35(29,30)31/h1-12,28H,23H2,(H,29,30,31)(H,32,33,34). The highest BCUT2D eigenvalue weighted by molar-refractivity contribution is 7.86. The third kappa shape index (κ3) is 5.52. The SMILES string of the molecule is Nc1ccc2cc(S(=O)(=O)O)c(N=Nc3ccc(N=Nc4ccc(S(=O)(=O)O)cc4)cc3)c(O)c2c1. The van der Waals surface area contributed by atoms with E-state index >= 15 is 0 Å². The van der Waals surface area contributed by atoms with E-state index in [1.54, 1.807) is 0 Å². The van der Waals surface area contributed by atoms with Gasteiger partial charge in [-0.15, -0.1) is 5.11 Å². The predicted octanol–water partition coefficient (Wildman–Crippen LogP) is 5.45. The number of rotatable bonds is 6. The zero-order valence-electron chi connectivity index (χ0n) is 18.1. The van der Waals surface area contributed by atoms with Crippen molar-refractivity contribution in [2.24, 2.45) is 20.5 Å². The van der Waals surface area contributed by atoms with Crippen LogP contribution in [-0.4, -0.2) is 31.0 Å². The first kappa shape index (κ1) is 24.9. The molecule has 0 aliphatic carbocycles. The second-order valence-electron chi connectivity index (χ2n) is 7.41. The Bertz CT molecular complexity index is 1730. The van der Waals surface area contributed by atoms with Crippen LogP contribution in [0, 0.1) is 0 Å². The number of benzene rings is 4.